The summed E-state index contributed by atoms with van der Waals surface area (Å²) < 4.78 is 0. The van der Waals surface area contributed by atoms with Gasteiger partial charge in [0, 0.05) is 49.8 Å². The second-order valence-electron chi connectivity index (χ2n) is 14.2. The molecule has 0 saturated heterocycles. The predicted molar refractivity (Wildman–Crippen MR) is 218 cm³/mol. The second kappa shape index (κ2) is 12.1. The third-order valence-electron chi connectivity index (χ3n) is 10.7. The average molecular weight is 682 g/mol. The Morgan fingerprint density at radius 3 is 1.75 bits per heavy atom. The minimum absolute atomic E-state index is 0.129. The summed E-state index contributed by atoms with van der Waals surface area (Å²) in [5, 5.41) is 2.24. The fraction of sp³-hybridized carbons (Fsp3) is 0.0625. The molecule has 0 saturated carbocycles. The number of aromatic amines is 1. The zero-order valence-corrected chi connectivity index (χ0v) is 29.5. The molecule has 0 radical (unpaired) electrons. The van der Waals surface area contributed by atoms with Gasteiger partial charge in [0.1, 0.15) is 0 Å². The first-order valence-corrected chi connectivity index (χ1v) is 18.0. The summed E-state index contributed by atoms with van der Waals surface area (Å²) in [6.45, 7) is 4.67. The monoisotopic (exact) mass is 681 g/mol. The zero-order valence-electron chi connectivity index (χ0n) is 29.5. The van der Waals surface area contributed by atoms with Crippen molar-refractivity contribution in [2.75, 3.05) is 4.90 Å². The van der Waals surface area contributed by atoms with Gasteiger partial charge >= 0.3 is 0 Å². The minimum Gasteiger partial charge on any atom is -0.354 e. The van der Waals surface area contributed by atoms with Gasteiger partial charge in [-0.1, -0.05) is 141 Å². The Kier molecular flexibility index (Phi) is 7.08. The number of hydrogen-bond donors (Lipinski definition) is 1. The molecule has 0 bridgehead atoms. The fourth-order valence-electron chi connectivity index (χ4n) is 8.08. The largest absolute Gasteiger partial charge is 0.354 e. The van der Waals surface area contributed by atoms with Crippen LogP contribution in [0, 0.1) is 0 Å². The van der Waals surface area contributed by atoms with Crippen LogP contribution < -0.4 is 4.90 Å². The molecule has 2 aromatic heterocycles. The van der Waals surface area contributed by atoms with Crippen molar-refractivity contribution < 1.29 is 0 Å². The van der Waals surface area contributed by atoms with Crippen LogP contribution in [0.25, 0.3) is 67.1 Å². The zero-order chi connectivity index (χ0) is 35.5. The summed E-state index contributed by atoms with van der Waals surface area (Å²) in [4.78, 5) is 21.4. The molecule has 5 heteroatoms. The first-order chi connectivity index (χ1) is 26.0. The highest BCUT2D eigenvalue weighted by molar-refractivity contribution is 6.18. The molecule has 53 heavy (non-hydrogen) atoms. The second-order valence-corrected chi connectivity index (χ2v) is 14.2. The lowest BCUT2D eigenvalue weighted by molar-refractivity contribution is 0.660. The summed E-state index contributed by atoms with van der Waals surface area (Å²) in [5.74, 6) is 1.88. The molecule has 1 aliphatic carbocycles. The van der Waals surface area contributed by atoms with Crippen LogP contribution in [0.1, 0.15) is 25.0 Å². The van der Waals surface area contributed by atoms with Crippen molar-refractivity contribution in [2.24, 2.45) is 0 Å². The number of anilines is 3. The van der Waals surface area contributed by atoms with Gasteiger partial charge in [-0.2, -0.15) is 0 Å². The standard InChI is InChI=1S/C48H35N5/c1-48(2)39-24-14-12-22-35(39)36-27-26-34(30-40(36)48)53(33-20-10-5-11-21-33)42-29-28-38(44-43(42)37-23-13-15-25-41(37)49-44)47-51-45(31-16-6-3-7-17-31)50-46(52-47)32-18-8-4-9-19-32/h3-30,49H,1-2H3. The maximum Gasteiger partial charge on any atom is 0.166 e. The molecule has 5 nitrogen and oxygen atoms in total. The molecule has 0 fully saturated rings. The molecular weight excluding hydrogens is 647 g/mol. The minimum atomic E-state index is -0.129. The first kappa shape index (κ1) is 30.9. The molecule has 0 spiro atoms. The summed E-state index contributed by atoms with van der Waals surface area (Å²) in [6.07, 6.45) is 0. The van der Waals surface area contributed by atoms with E-state index in [1.54, 1.807) is 0 Å². The third-order valence-corrected chi connectivity index (χ3v) is 10.7. The van der Waals surface area contributed by atoms with E-state index >= 15 is 0 Å². The van der Waals surface area contributed by atoms with Crippen LogP contribution in [0.15, 0.2) is 170 Å². The van der Waals surface area contributed by atoms with Crippen LogP contribution in [0.3, 0.4) is 0 Å². The van der Waals surface area contributed by atoms with Crippen LogP contribution in [-0.2, 0) is 5.41 Å². The molecule has 0 atom stereocenters. The molecule has 7 aromatic carbocycles. The molecule has 0 aliphatic heterocycles. The number of aromatic nitrogens is 4. The van der Waals surface area contributed by atoms with Crippen LogP contribution in [0.4, 0.5) is 17.1 Å². The Morgan fingerprint density at radius 2 is 1.04 bits per heavy atom. The third kappa shape index (κ3) is 5.04. The van der Waals surface area contributed by atoms with Gasteiger partial charge in [0.2, 0.25) is 0 Å². The van der Waals surface area contributed by atoms with Crippen LogP contribution >= 0.6 is 0 Å². The van der Waals surface area contributed by atoms with Gasteiger partial charge in [0.15, 0.2) is 17.5 Å². The maximum absolute atomic E-state index is 5.13. The van der Waals surface area contributed by atoms with Crippen molar-refractivity contribution in [1.29, 1.82) is 0 Å². The van der Waals surface area contributed by atoms with E-state index in [1.165, 1.54) is 22.3 Å². The number of rotatable bonds is 6. The number of para-hydroxylation sites is 2. The Labute approximate surface area is 308 Å². The first-order valence-electron chi connectivity index (χ1n) is 18.0. The Morgan fingerprint density at radius 1 is 0.472 bits per heavy atom. The average Bonchev–Trinajstić information content (AvgIpc) is 3.72. The van der Waals surface area contributed by atoms with Crippen LogP contribution in [0.2, 0.25) is 0 Å². The van der Waals surface area contributed by atoms with E-state index in [9.17, 15) is 0 Å². The Bertz CT molecular complexity index is 2750. The quantitative estimate of drug-likeness (QED) is 0.190. The Hall–Kier alpha value is -6.85. The normalized spacial score (nSPS) is 12.9. The lowest BCUT2D eigenvalue weighted by atomic mass is 9.82. The molecule has 1 N–H and O–H groups in total. The van der Waals surface area contributed by atoms with Crippen LogP contribution in [0.5, 0.6) is 0 Å². The lowest BCUT2D eigenvalue weighted by Gasteiger charge is -2.29. The summed E-state index contributed by atoms with van der Waals surface area (Å²) in [6, 6.07) is 59.6. The van der Waals surface area contributed by atoms with Crippen molar-refractivity contribution in [3.05, 3.63) is 181 Å². The molecule has 0 unspecified atom stereocenters. The predicted octanol–water partition coefficient (Wildman–Crippen LogP) is 12.3. The molecule has 1 aliphatic rings. The van der Waals surface area contributed by atoms with Crippen molar-refractivity contribution in [3.63, 3.8) is 0 Å². The van der Waals surface area contributed by atoms with Gasteiger partial charge in [0.05, 0.1) is 11.2 Å². The molecular formula is C48H35N5. The smallest absolute Gasteiger partial charge is 0.166 e. The molecule has 0 amide bonds. The van der Waals surface area contributed by atoms with Crippen molar-refractivity contribution in [2.45, 2.75) is 19.3 Å². The van der Waals surface area contributed by atoms with Gasteiger partial charge in [0.25, 0.3) is 0 Å². The van der Waals surface area contributed by atoms with Gasteiger partial charge in [-0.05, 0) is 64.7 Å². The topological polar surface area (TPSA) is 57.7 Å². The highest BCUT2D eigenvalue weighted by Crippen LogP contribution is 2.51. The number of H-pyrrole nitrogens is 1. The SMILES string of the molecule is CC1(C)c2ccccc2-c2ccc(N(c3ccccc3)c3ccc(-c4nc(-c5ccccc5)nc(-c5ccccc5)n4)c4[nH]c5ccccc5c34)cc21. The maximum atomic E-state index is 5.13. The number of hydrogen-bond acceptors (Lipinski definition) is 4. The lowest BCUT2D eigenvalue weighted by Crippen LogP contribution is -2.16. The number of nitrogens with one attached hydrogen (secondary N) is 1. The van der Waals surface area contributed by atoms with E-state index in [1.807, 2.05) is 60.7 Å². The van der Waals surface area contributed by atoms with E-state index in [-0.39, 0.29) is 5.41 Å². The van der Waals surface area contributed by atoms with Gasteiger partial charge < -0.3 is 9.88 Å². The molecule has 2 heterocycles. The van der Waals surface area contributed by atoms with E-state index in [2.05, 4.69) is 133 Å². The van der Waals surface area contributed by atoms with Crippen LogP contribution in [-0.4, -0.2) is 19.9 Å². The van der Waals surface area contributed by atoms with E-state index < -0.39 is 0 Å². The van der Waals surface area contributed by atoms with Crippen molar-refractivity contribution >= 4 is 38.9 Å². The molecule has 10 rings (SSSR count). The fourth-order valence-corrected chi connectivity index (χ4v) is 8.08. The van der Waals surface area contributed by atoms with Gasteiger partial charge in [-0.25, -0.2) is 15.0 Å². The van der Waals surface area contributed by atoms with Crippen molar-refractivity contribution in [1.82, 2.24) is 19.9 Å². The number of nitrogens with zero attached hydrogens (tertiary/aromatic N) is 4. The highest BCUT2D eigenvalue weighted by Gasteiger charge is 2.36. The van der Waals surface area contributed by atoms with E-state index in [0.717, 1.165) is 55.6 Å². The van der Waals surface area contributed by atoms with E-state index in [4.69, 9.17) is 15.0 Å². The molecule has 9 aromatic rings. The number of fused-ring (bicyclic) bond motifs is 6. The van der Waals surface area contributed by atoms with Crippen molar-refractivity contribution in [3.8, 4) is 45.3 Å². The summed E-state index contributed by atoms with van der Waals surface area (Å²) >= 11 is 0. The molecule has 252 valence electrons. The Balaban J connectivity index is 1.22. The van der Waals surface area contributed by atoms with Gasteiger partial charge in [-0.3, -0.25) is 0 Å². The number of benzene rings is 7. The highest BCUT2D eigenvalue weighted by atomic mass is 15.1. The summed E-state index contributed by atoms with van der Waals surface area (Å²) in [5.41, 5.74) is 13.3. The van der Waals surface area contributed by atoms with Gasteiger partial charge in [-0.15, -0.1) is 0 Å². The summed E-state index contributed by atoms with van der Waals surface area (Å²) in [7, 11) is 0. The van der Waals surface area contributed by atoms with E-state index in [0.29, 0.717) is 17.5 Å².